The Hall–Kier alpha value is -4.12. The van der Waals surface area contributed by atoms with Gasteiger partial charge in [0.2, 0.25) is 5.89 Å². The van der Waals surface area contributed by atoms with Crippen LogP contribution >= 0.6 is 0 Å². The summed E-state index contributed by atoms with van der Waals surface area (Å²) in [6.07, 6.45) is -3.95. The molecule has 5 rings (SSSR count). The SMILES string of the molecule is COc1ccc2c(c1)CN(C(=O)c1nc(-c3ccc(OC)c4nc(C(F)(F)F)ccc34)oc1CN)CC2. The molecule has 1 amide bonds. The molecule has 0 unspecified atom stereocenters. The summed E-state index contributed by atoms with van der Waals surface area (Å²) in [7, 11) is 2.93. The summed E-state index contributed by atoms with van der Waals surface area (Å²) in [6, 6.07) is 11.0. The first-order chi connectivity index (χ1) is 17.7. The minimum absolute atomic E-state index is 0.00298. The van der Waals surface area contributed by atoms with Gasteiger partial charge < -0.3 is 24.5 Å². The van der Waals surface area contributed by atoms with E-state index in [0.29, 0.717) is 36.2 Å². The number of pyridine rings is 1. The number of alkyl halides is 3. The molecule has 0 bridgehead atoms. The Morgan fingerprint density at radius 2 is 1.89 bits per heavy atom. The van der Waals surface area contributed by atoms with Crippen molar-refractivity contribution < 1.29 is 31.9 Å². The van der Waals surface area contributed by atoms with Gasteiger partial charge in [-0.15, -0.1) is 0 Å². The van der Waals surface area contributed by atoms with Crippen molar-refractivity contribution in [2.75, 3.05) is 20.8 Å². The standard InChI is InChI=1S/C26H23F3N4O4/c1-35-16-4-3-14-9-10-33(13-15(14)11-16)25(34)23-20(12-30)37-24(32-23)18-5-7-19(36-2)22-17(18)6-8-21(31-22)26(27,28)29/h3-8,11H,9-10,12-13,30H2,1-2H3. The molecule has 0 fully saturated rings. The largest absolute Gasteiger partial charge is 0.497 e. The lowest BCUT2D eigenvalue weighted by Gasteiger charge is -2.28. The van der Waals surface area contributed by atoms with Gasteiger partial charge >= 0.3 is 6.18 Å². The van der Waals surface area contributed by atoms with E-state index < -0.39 is 11.9 Å². The van der Waals surface area contributed by atoms with E-state index in [0.717, 1.165) is 17.2 Å². The number of hydrogen-bond donors (Lipinski definition) is 1. The Balaban J connectivity index is 1.53. The number of hydrogen-bond acceptors (Lipinski definition) is 7. The van der Waals surface area contributed by atoms with E-state index in [1.165, 1.54) is 19.2 Å². The fourth-order valence-electron chi connectivity index (χ4n) is 4.46. The molecule has 0 saturated carbocycles. The second-order valence-electron chi connectivity index (χ2n) is 8.51. The molecule has 192 valence electrons. The summed E-state index contributed by atoms with van der Waals surface area (Å²) in [5, 5.41) is 0.329. The van der Waals surface area contributed by atoms with Crippen molar-refractivity contribution >= 4 is 16.8 Å². The number of nitrogens with two attached hydrogens (primary N) is 1. The van der Waals surface area contributed by atoms with Crippen LogP contribution < -0.4 is 15.2 Å². The molecule has 2 aromatic carbocycles. The zero-order valence-corrected chi connectivity index (χ0v) is 20.1. The van der Waals surface area contributed by atoms with Crippen LogP contribution in [0.3, 0.4) is 0 Å². The number of fused-ring (bicyclic) bond motifs is 2. The minimum Gasteiger partial charge on any atom is -0.497 e. The maximum atomic E-state index is 13.5. The highest BCUT2D eigenvalue weighted by Gasteiger charge is 2.33. The van der Waals surface area contributed by atoms with Gasteiger partial charge in [-0.1, -0.05) is 6.07 Å². The van der Waals surface area contributed by atoms with Gasteiger partial charge in [-0.3, -0.25) is 4.79 Å². The first kappa shape index (κ1) is 24.6. The minimum atomic E-state index is -4.62. The second kappa shape index (κ2) is 9.40. The zero-order chi connectivity index (χ0) is 26.3. The van der Waals surface area contributed by atoms with Gasteiger partial charge in [-0.25, -0.2) is 9.97 Å². The molecule has 11 heteroatoms. The third-order valence-corrected chi connectivity index (χ3v) is 6.36. The van der Waals surface area contributed by atoms with Crippen LogP contribution in [0, 0.1) is 0 Å². The van der Waals surface area contributed by atoms with Crippen LogP contribution in [-0.4, -0.2) is 41.5 Å². The Morgan fingerprint density at radius 3 is 2.59 bits per heavy atom. The first-order valence-corrected chi connectivity index (χ1v) is 11.4. The summed E-state index contributed by atoms with van der Waals surface area (Å²) in [5.74, 6) is 0.749. The van der Waals surface area contributed by atoms with Crippen molar-refractivity contribution in [1.29, 1.82) is 0 Å². The third kappa shape index (κ3) is 4.46. The number of methoxy groups -OCH3 is 2. The average molecular weight is 512 g/mol. The van der Waals surface area contributed by atoms with Crippen LogP contribution in [0.1, 0.15) is 33.1 Å². The average Bonchev–Trinajstić information content (AvgIpc) is 3.34. The zero-order valence-electron chi connectivity index (χ0n) is 20.1. The molecule has 4 aromatic rings. The Morgan fingerprint density at radius 1 is 1.08 bits per heavy atom. The summed E-state index contributed by atoms with van der Waals surface area (Å²) in [6.45, 7) is 0.768. The molecular formula is C26H23F3N4O4. The van der Waals surface area contributed by atoms with Crippen LogP contribution in [0.2, 0.25) is 0 Å². The number of carbonyl (C=O) groups is 1. The number of ether oxygens (including phenoxy) is 2. The quantitative estimate of drug-likeness (QED) is 0.417. The Kier molecular flexibility index (Phi) is 6.24. The number of nitrogens with zero attached hydrogens (tertiary/aromatic N) is 3. The molecule has 0 aliphatic carbocycles. The van der Waals surface area contributed by atoms with E-state index >= 15 is 0 Å². The number of carbonyl (C=O) groups excluding carboxylic acids is 1. The number of halogens is 3. The molecule has 1 aliphatic heterocycles. The Bertz CT molecular complexity index is 1500. The van der Waals surface area contributed by atoms with E-state index in [2.05, 4.69) is 9.97 Å². The fourth-order valence-corrected chi connectivity index (χ4v) is 4.46. The molecule has 37 heavy (non-hydrogen) atoms. The van der Waals surface area contributed by atoms with E-state index in [-0.39, 0.29) is 41.1 Å². The lowest BCUT2D eigenvalue weighted by molar-refractivity contribution is -0.140. The molecule has 0 spiro atoms. The van der Waals surface area contributed by atoms with Crippen LogP contribution in [0.25, 0.3) is 22.4 Å². The topological polar surface area (TPSA) is 104 Å². The van der Waals surface area contributed by atoms with E-state index in [1.54, 1.807) is 18.1 Å². The van der Waals surface area contributed by atoms with Gasteiger partial charge in [0, 0.05) is 24.0 Å². The first-order valence-electron chi connectivity index (χ1n) is 11.4. The number of rotatable bonds is 5. The van der Waals surface area contributed by atoms with Gasteiger partial charge in [0.25, 0.3) is 5.91 Å². The fraction of sp³-hybridized carbons (Fsp3) is 0.269. The Labute approximate surface area is 209 Å². The maximum absolute atomic E-state index is 13.5. The summed E-state index contributed by atoms with van der Waals surface area (Å²) < 4.78 is 56.2. The van der Waals surface area contributed by atoms with Crippen molar-refractivity contribution in [3.63, 3.8) is 0 Å². The van der Waals surface area contributed by atoms with Gasteiger partial charge in [-0.05, 0) is 53.9 Å². The highest BCUT2D eigenvalue weighted by Crippen LogP contribution is 2.37. The van der Waals surface area contributed by atoms with Gasteiger partial charge in [0.15, 0.2) is 11.5 Å². The molecule has 8 nitrogen and oxygen atoms in total. The molecule has 2 N–H and O–H groups in total. The molecule has 0 saturated heterocycles. The predicted octanol–water partition coefficient (Wildman–Crippen LogP) is 4.58. The molecule has 1 aliphatic rings. The normalized spacial score (nSPS) is 13.5. The van der Waals surface area contributed by atoms with Crippen LogP contribution in [-0.2, 0) is 25.7 Å². The number of aromatic nitrogens is 2. The lowest BCUT2D eigenvalue weighted by atomic mass is 9.99. The van der Waals surface area contributed by atoms with Crippen molar-refractivity contribution in [2.24, 2.45) is 5.73 Å². The summed E-state index contributed by atoms with van der Waals surface area (Å²) in [5.41, 5.74) is 7.35. The van der Waals surface area contributed by atoms with Gasteiger partial charge in [0.05, 0.1) is 20.8 Å². The maximum Gasteiger partial charge on any atom is 0.433 e. The highest BCUT2D eigenvalue weighted by molar-refractivity contribution is 5.98. The van der Waals surface area contributed by atoms with Crippen LogP contribution in [0.4, 0.5) is 13.2 Å². The smallest absolute Gasteiger partial charge is 0.433 e. The summed E-state index contributed by atoms with van der Waals surface area (Å²) >= 11 is 0. The molecule has 0 radical (unpaired) electrons. The van der Waals surface area contributed by atoms with Crippen molar-refractivity contribution in [3.05, 3.63) is 70.7 Å². The second-order valence-corrected chi connectivity index (χ2v) is 8.51. The highest BCUT2D eigenvalue weighted by atomic mass is 19.4. The monoisotopic (exact) mass is 512 g/mol. The predicted molar refractivity (Wildman–Crippen MR) is 128 cm³/mol. The van der Waals surface area contributed by atoms with Crippen molar-refractivity contribution in [2.45, 2.75) is 25.7 Å². The third-order valence-electron chi connectivity index (χ3n) is 6.36. The van der Waals surface area contributed by atoms with E-state index in [9.17, 15) is 18.0 Å². The van der Waals surface area contributed by atoms with Gasteiger partial charge in [-0.2, -0.15) is 13.2 Å². The molecule has 3 heterocycles. The van der Waals surface area contributed by atoms with E-state index in [4.69, 9.17) is 19.6 Å². The lowest BCUT2D eigenvalue weighted by Crippen LogP contribution is -2.36. The van der Waals surface area contributed by atoms with Crippen LogP contribution in [0.5, 0.6) is 11.5 Å². The molecule has 0 atom stereocenters. The van der Waals surface area contributed by atoms with Crippen molar-refractivity contribution in [1.82, 2.24) is 14.9 Å². The number of oxazole rings is 1. The molecule has 2 aromatic heterocycles. The van der Waals surface area contributed by atoms with Crippen LogP contribution in [0.15, 0.2) is 46.9 Å². The van der Waals surface area contributed by atoms with Gasteiger partial charge in [0.1, 0.15) is 22.7 Å². The molecular weight excluding hydrogens is 489 g/mol. The van der Waals surface area contributed by atoms with Crippen molar-refractivity contribution in [3.8, 4) is 23.0 Å². The summed E-state index contributed by atoms with van der Waals surface area (Å²) in [4.78, 5) is 23.3. The number of benzene rings is 2. The number of amides is 1. The van der Waals surface area contributed by atoms with E-state index in [1.807, 2.05) is 18.2 Å².